The third-order valence-electron chi connectivity index (χ3n) is 8.40. The van der Waals surface area contributed by atoms with E-state index in [0.717, 1.165) is 34.5 Å². The number of fused-ring (bicyclic) bond motifs is 6. The number of thiophene rings is 1. The number of hydrogen-bond donors (Lipinski definition) is 0. The first-order valence-electron chi connectivity index (χ1n) is 14.7. The molecule has 208 valence electrons. The standard InChI is InChI=1S/C38H25N5S/c1-3-9-24(10-4-1)35-40-36(25-11-5-2-6-12-25)42-37(41-35)30-17-16-26-21-27(14-15-28(26)22-30)29-18-19-32-31(23-29)34-38(44-32)43-20-8-7-13-33(43)39-34/h1-21,23,30H,22H2. The Hall–Kier alpha value is -5.46. The molecule has 0 saturated heterocycles. The molecule has 5 nitrogen and oxygen atoms in total. The van der Waals surface area contributed by atoms with Crippen LogP contribution in [0.3, 0.4) is 0 Å². The fourth-order valence-electron chi connectivity index (χ4n) is 6.14. The molecule has 1 aliphatic carbocycles. The Morgan fingerprint density at radius 2 is 1.34 bits per heavy atom. The van der Waals surface area contributed by atoms with Crippen molar-refractivity contribution in [2.24, 2.45) is 0 Å². The lowest BCUT2D eigenvalue weighted by Gasteiger charge is -2.20. The van der Waals surface area contributed by atoms with Gasteiger partial charge in [-0.05, 0) is 59.0 Å². The number of imidazole rings is 1. The summed E-state index contributed by atoms with van der Waals surface area (Å²) >= 11 is 1.79. The molecule has 0 bridgehead atoms. The lowest BCUT2D eigenvalue weighted by Crippen LogP contribution is -2.12. The van der Waals surface area contributed by atoms with Crippen LogP contribution >= 0.6 is 11.3 Å². The smallest absolute Gasteiger partial charge is 0.163 e. The van der Waals surface area contributed by atoms with Gasteiger partial charge in [0.2, 0.25) is 0 Å². The lowest BCUT2D eigenvalue weighted by molar-refractivity contribution is 0.748. The van der Waals surface area contributed by atoms with E-state index in [1.165, 1.54) is 37.2 Å². The molecule has 1 aliphatic rings. The highest BCUT2D eigenvalue weighted by atomic mass is 32.1. The second-order valence-corrected chi connectivity index (χ2v) is 12.2. The second kappa shape index (κ2) is 10.1. The van der Waals surface area contributed by atoms with Crippen molar-refractivity contribution in [1.82, 2.24) is 24.3 Å². The van der Waals surface area contributed by atoms with Crippen LogP contribution in [0.4, 0.5) is 0 Å². The Bertz CT molecular complexity index is 2310. The molecule has 0 fully saturated rings. The van der Waals surface area contributed by atoms with Crippen molar-refractivity contribution in [3.63, 3.8) is 0 Å². The number of pyridine rings is 1. The highest BCUT2D eigenvalue weighted by Gasteiger charge is 2.22. The van der Waals surface area contributed by atoms with Crippen molar-refractivity contribution in [1.29, 1.82) is 0 Å². The van der Waals surface area contributed by atoms with Gasteiger partial charge in [0.05, 0.1) is 0 Å². The van der Waals surface area contributed by atoms with Gasteiger partial charge in [-0.25, -0.2) is 19.9 Å². The third-order valence-corrected chi connectivity index (χ3v) is 9.56. The first kappa shape index (κ1) is 25.1. The quantitative estimate of drug-likeness (QED) is 0.207. The molecule has 0 radical (unpaired) electrons. The van der Waals surface area contributed by atoms with E-state index in [-0.39, 0.29) is 5.92 Å². The normalized spacial score (nSPS) is 14.4. The summed E-state index contributed by atoms with van der Waals surface area (Å²) in [6.07, 6.45) is 7.40. The minimum Gasteiger partial charge on any atom is -0.291 e. The summed E-state index contributed by atoms with van der Waals surface area (Å²) in [5, 5.41) is 1.21. The van der Waals surface area contributed by atoms with Crippen LogP contribution in [0.15, 0.2) is 128 Å². The average Bonchev–Trinajstić information content (AvgIpc) is 3.64. The van der Waals surface area contributed by atoms with Crippen LogP contribution in [0.25, 0.3) is 66.1 Å². The van der Waals surface area contributed by atoms with Crippen LogP contribution in [0, 0.1) is 0 Å². The summed E-state index contributed by atoms with van der Waals surface area (Å²) in [5.41, 5.74) is 8.97. The molecule has 4 heterocycles. The van der Waals surface area contributed by atoms with Gasteiger partial charge in [0.15, 0.2) is 11.6 Å². The molecule has 0 N–H and O–H groups in total. The van der Waals surface area contributed by atoms with Crippen LogP contribution in [0.1, 0.15) is 22.9 Å². The number of rotatable bonds is 4. The van der Waals surface area contributed by atoms with Crippen LogP contribution in [-0.4, -0.2) is 24.3 Å². The van der Waals surface area contributed by atoms with E-state index < -0.39 is 0 Å². The van der Waals surface area contributed by atoms with E-state index in [9.17, 15) is 0 Å². The van der Waals surface area contributed by atoms with Crippen molar-refractivity contribution in [2.75, 3.05) is 0 Å². The predicted octanol–water partition coefficient (Wildman–Crippen LogP) is 9.24. The monoisotopic (exact) mass is 583 g/mol. The molecule has 0 amide bonds. The fraction of sp³-hybridized carbons (Fsp3) is 0.0526. The third kappa shape index (κ3) is 4.22. The Morgan fingerprint density at radius 3 is 2.11 bits per heavy atom. The molecule has 1 unspecified atom stereocenters. The molecular formula is C38H25N5S. The zero-order valence-corrected chi connectivity index (χ0v) is 24.4. The van der Waals surface area contributed by atoms with E-state index >= 15 is 0 Å². The lowest BCUT2D eigenvalue weighted by atomic mass is 9.87. The largest absolute Gasteiger partial charge is 0.291 e. The molecule has 1 atom stereocenters. The highest BCUT2D eigenvalue weighted by molar-refractivity contribution is 7.25. The first-order chi connectivity index (χ1) is 21.8. The Balaban J connectivity index is 1.07. The van der Waals surface area contributed by atoms with Gasteiger partial charge >= 0.3 is 0 Å². The first-order valence-corrected chi connectivity index (χ1v) is 15.6. The molecule has 8 aromatic rings. The van der Waals surface area contributed by atoms with Gasteiger partial charge in [0, 0.05) is 33.3 Å². The summed E-state index contributed by atoms with van der Waals surface area (Å²) in [5.74, 6) is 2.26. The van der Waals surface area contributed by atoms with E-state index in [2.05, 4.69) is 95.5 Å². The number of nitrogens with zero attached hydrogens (tertiary/aromatic N) is 5. The van der Waals surface area contributed by atoms with Crippen molar-refractivity contribution in [2.45, 2.75) is 12.3 Å². The maximum Gasteiger partial charge on any atom is 0.163 e. The van der Waals surface area contributed by atoms with Gasteiger partial charge in [0.1, 0.15) is 21.8 Å². The Kier molecular flexibility index (Phi) is 5.74. The molecule has 4 aromatic heterocycles. The van der Waals surface area contributed by atoms with Crippen LogP contribution in [-0.2, 0) is 6.42 Å². The van der Waals surface area contributed by atoms with Crippen LogP contribution in [0.2, 0.25) is 0 Å². The number of hydrogen-bond acceptors (Lipinski definition) is 5. The Morgan fingerprint density at radius 1 is 0.636 bits per heavy atom. The molecule has 6 heteroatoms. The average molecular weight is 584 g/mol. The SMILES string of the molecule is C1=CC(c2nc(-c3ccccc3)nc(-c3ccccc3)n2)Cc2ccc(-c3ccc4sc5c(nc6ccccn65)c4c3)cc21. The molecule has 4 aromatic carbocycles. The van der Waals surface area contributed by atoms with Gasteiger partial charge < -0.3 is 0 Å². The van der Waals surface area contributed by atoms with Gasteiger partial charge in [-0.1, -0.05) is 97.1 Å². The summed E-state index contributed by atoms with van der Waals surface area (Å²) < 4.78 is 3.44. The van der Waals surface area contributed by atoms with Gasteiger partial charge in [0.25, 0.3) is 0 Å². The minimum absolute atomic E-state index is 0.0618. The maximum atomic E-state index is 4.98. The topological polar surface area (TPSA) is 56.0 Å². The minimum atomic E-state index is 0.0618. The van der Waals surface area contributed by atoms with Crippen molar-refractivity contribution in [3.8, 4) is 33.9 Å². The second-order valence-electron chi connectivity index (χ2n) is 11.2. The maximum absolute atomic E-state index is 4.98. The molecule has 9 rings (SSSR count). The predicted molar refractivity (Wildman–Crippen MR) is 180 cm³/mol. The van der Waals surface area contributed by atoms with E-state index in [4.69, 9.17) is 19.9 Å². The summed E-state index contributed by atoms with van der Waals surface area (Å²) in [6.45, 7) is 0. The zero-order chi connectivity index (χ0) is 29.0. The van der Waals surface area contributed by atoms with Crippen molar-refractivity contribution < 1.29 is 0 Å². The number of aromatic nitrogens is 5. The van der Waals surface area contributed by atoms with E-state index in [0.29, 0.717) is 11.6 Å². The van der Waals surface area contributed by atoms with Gasteiger partial charge in [-0.2, -0.15) is 0 Å². The number of benzene rings is 4. The van der Waals surface area contributed by atoms with Crippen molar-refractivity contribution in [3.05, 3.63) is 144 Å². The molecule has 0 spiro atoms. The van der Waals surface area contributed by atoms with Gasteiger partial charge in [-0.15, -0.1) is 11.3 Å². The van der Waals surface area contributed by atoms with Crippen LogP contribution < -0.4 is 0 Å². The van der Waals surface area contributed by atoms with E-state index in [1.807, 2.05) is 42.5 Å². The molecular weight excluding hydrogens is 559 g/mol. The highest BCUT2D eigenvalue weighted by Crippen LogP contribution is 2.38. The zero-order valence-electron chi connectivity index (χ0n) is 23.6. The van der Waals surface area contributed by atoms with Gasteiger partial charge in [-0.3, -0.25) is 4.40 Å². The van der Waals surface area contributed by atoms with Crippen LogP contribution in [0.5, 0.6) is 0 Å². The Labute approximate surface area is 257 Å². The molecule has 0 saturated carbocycles. The summed E-state index contributed by atoms with van der Waals surface area (Å²) in [4.78, 5) is 20.9. The van der Waals surface area contributed by atoms with E-state index in [1.54, 1.807) is 11.3 Å². The summed E-state index contributed by atoms with van der Waals surface area (Å²) in [7, 11) is 0. The summed E-state index contributed by atoms with van der Waals surface area (Å²) in [6, 6.07) is 40.0. The molecule has 44 heavy (non-hydrogen) atoms. The number of allylic oxidation sites excluding steroid dienone is 1. The fourth-order valence-corrected chi connectivity index (χ4v) is 7.26. The molecule has 0 aliphatic heterocycles. The van der Waals surface area contributed by atoms with Crippen molar-refractivity contribution >= 4 is 43.5 Å².